The Morgan fingerprint density at radius 1 is 1.06 bits per heavy atom. The van der Waals surface area contributed by atoms with Crippen molar-refractivity contribution in [2.75, 3.05) is 0 Å². The summed E-state index contributed by atoms with van der Waals surface area (Å²) in [5.74, 6) is 0.538. The number of aryl methyl sites for hydroxylation is 2. The van der Waals surface area contributed by atoms with Crippen molar-refractivity contribution in [2.45, 2.75) is 20.5 Å². The predicted octanol–water partition coefficient (Wildman–Crippen LogP) is 4.67. The van der Waals surface area contributed by atoms with Crippen molar-refractivity contribution in [3.8, 4) is 5.75 Å². The van der Waals surface area contributed by atoms with Gasteiger partial charge in [-0.25, -0.2) is 4.39 Å². The molecule has 94 valence electrons. The van der Waals surface area contributed by atoms with Crippen molar-refractivity contribution < 1.29 is 9.13 Å². The van der Waals surface area contributed by atoms with Gasteiger partial charge >= 0.3 is 0 Å². The third-order valence-electron chi connectivity index (χ3n) is 2.73. The molecule has 0 atom stereocenters. The summed E-state index contributed by atoms with van der Waals surface area (Å²) in [5.41, 5.74) is 2.92. The van der Waals surface area contributed by atoms with Crippen LogP contribution in [0.3, 0.4) is 0 Å². The molecule has 0 saturated heterocycles. The van der Waals surface area contributed by atoms with E-state index in [1.165, 1.54) is 12.1 Å². The van der Waals surface area contributed by atoms with Gasteiger partial charge in [0.2, 0.25) is 0 Å². The molecule has 0 saturated carbocycles. The van der Waals surface area contributed by atoms with E-state index in [1.54, 1.807) is 12.1 Å². The first kappa shape index (κ1) is 12.9. The standard InChI is InChI=1S/C15H14ClFO/c1-10-7-14(8-11(2)15(10)16)18-9-12-3-5-13(17)6-4-12/h3-8H,9H2,1-2H3. The van der Waals surface area contributed by atoms with Crippen LogP contribution >= 0.6 is 11.6 Å². The van der Waals surface area contributed by atoms with Gasteiger partial charge in [0.25, 0.3) is 0 Å². The fourth-order valence-corrected chi connectivity index (χ4v) is 1.85. The molecule has 1 nitrogen and oxygen atoms in total. The third kappa shape index (κ3) is 3.02. The summed E-state index contributed by atoms with van der Waals surface area (Å²) in [7, 11) is 0. The van der Waals surface area contributed by atoms with Crippen LogP contribution in [0.5, 0.6) is 5.75 Å². The van der Waals surface area contributed by atoms with Crippen molar-refractivity contribution in [1.29, 1.82) is 0 Å². The van der Waals surface area contributed by atoms with Crippen molar-refractivity contribution in [3.63, 3.8) is 0 Å². The molecule has 0 aliphatic rings. The topological polar surface area (TPSA) is 9.23 Å². The Morgan fingerprint density at radius 3 is 2.17 bits per heavy atom. The Bertz CT molecular complexity index is 526. The molecule has 2 aromatic carbocycles. The smallest absolute Gasteiger partial charge is 0.123 e. The van der Waals surface area contributed by atoms with Crippen molar-refractivity contribution in [2.24, 2.45) is 0 Å². The van der Waals surface area contributed by atoms with E-state index in [-0.39, 0.29) is 5.82 Å². The third-order valence-corrected chi connectivity index (χ3v) is 3.32. The number of benzene rings is 2. The van der Waals surface area contributed by atoms with Gasteiger partial charge in [-0.3, -0.25) is 0 Å². The molecule has 0 heterocycles. The summed E-state index contributed by atoms with van der Waals surface area (Å²) in [6.45, 7) is 4.31. The SMILES string of the molecule is Cc1cc(OCc2ccc(F)cc2)cc(C)c1Cl. The zero-order valence-electron chi connectivity index (χ0n) is 10.3. The molecule has 0 aliphatic heterocycles. The van der Waals surface area contributed by atoms with Crippen molar-refractivity contribution in [1.82, 2.24) is 0 Å². The van der Waals surface area contributed by atoms with Gasteiger partial charge in [-0.1, -0.05) is 23.7 Å². The minimum absolute atomic E-state index is 0.239. The molecular weight excluding hydrogens is 251 g/mol. The van der Waals surface area contributed by atoms with Crippen LogP contribution in [0.4, 0.5) is 4.39 Å². The maximum Gasteiger partial charge on any atom is 0.123 e. The minimum Gasteiger partial charge on any atom is -0.489 e. The lowest BCUT2D eigenvalue weighted by Crippen LogP contribution is -1.96. The minimum atomic E-state index is -0.239. The van der Waals surface area contributed by atoms with Gasteiger partial charge in [0.05, 0.1) is 0 Å². The van der Waals surface area contributed by atoms with Crippen LogP contribution in [0.15, 0.2) is 36.4 Å². The fourth-order valence-electron chi connectivity index (χ4n) is 1.74. The van der Waals surface area contributed by atoms with Gasteiger partial charge in [-0.2, -0.15) is 0 Å². The van der Waals surface area contributed by atoms with Gasteiger partial charge in [0, 0.05) is 5.02 Å². The van der Waals surface area contributed by atoms with E-state index in [4.69, 9.17) is 16.3 Å². The van der Waals surface area contributed by atoms with E-state index in [1.807, 2.05) is 26.0 Å². The van der Waals surface area contributed by atoms with Crippen molar-refractivity contribution >= 4 is 11.6 Å². The Hall–Kier alpha value is -1.54. The highest BCUT2D eigenvalue weighted by atomic mass is 35.5. The largest absolute Gasteiger partial charge is 0.489 e. The zero-order valence-corrected chi connectivity index (χ0v) is 11.1. The van der Waals surface area contributed by atoms with Gasteiger partial charge in [0.15, 0.2) is 0 Å². The predicted molar refractivity (Wildman–Crippen MR) is 71.7 cm³/mol. The van der Waals surface area contributed by atoms with Gasteiger partial charge in [0.1, 0.15) is 18.2 Å². The first-order valence-electron chi connectivity index (χ1n) is 5.70. The molecule has 0 aromatic heterocycles. The molecule has 2 aromatic rings. The first-order valence-corrected chi connectivity index (χ1v) is 6.08. The second-order valence-corrected chi connectivity index (χ2v) is 4.66. The maximum atomic E-state index is 12.7. The second-order valence-electron chi connectivity index (χ2n) is 4.29. The van der Waals surface area contributed by atoms with Crippen molar-refractivity contribution in [3.05, 3.63) is 63.9 Å². The highest BCUT2D eigenvalue weighted by Gasteiger charge is 2.04. The number of hydrogen-bond donors (Lipinski definition) is 0. The second kappa shape index (κ2) is 5.40. The Labute approximate surface area is 111 Å². The monoisotopic (exact) mass is 264 g/mol. The molecule has 0 spiro atoms. The number of ether oxygens (including phenoxy) is 1. The molecular formula is C15H14ClFO. The summed E-state index contributed by atoms with van der Waals surface area (Å²) < 4.78 is 18.4. The Balaban J connectivity index is 2.08. The number of rotatable bonds is 3. The molecule has 0 unspecified atom stereocenters. The average Bonchev–Trinajstić information content (AvgIpc) is 2.35. The van der Waals surface area contributed by atoms with E-state index in [2.05, 4.69) is 0 Å². The van der Waals surface area contributed by atoms with Gasteiger partial charge in [-0.05, 0) is 54.8 Å². The number of halogens is 2. The van der Waals surface area contributed by atoms with E-state index in [9.17, 15) is 4.39 Å². The molecule has 0 N–H and O–H groups in total. The Morgan fingerprint density at radius 2 is 1.61 bits per heavy atom. The summed E-state index contributed by atoms with van der Waals surface area (Å²) in [6.07, 6.45) is 0. The lowest BCUT2D eigenvalue weighted by molar-refractivity contribution is 0.305. The molecule has 0 bridgehead atoms. The van der Waals surface area contributed by atoms with Crippen LogP contribution in [0.1, 0.15) is 16.7 Å². The van der Waals surface area contributed by atoms with Crippen LogP contribution in [0.25, 0.3) is 0 Å². The van der Waals surface area contributed by atoms with Crippen LogP contribution in [0.2, 0.25) is 5.02 Å². The van der Waals surface area contributed by atoms with Crippen LogP contribution < -0.4 is 4.74 Å². The average molecular weight is 265 g/mol. The molecule has 0 radical (unpaired) electrons. The molecule has 0 aliphatic carbocycles. The van der Waals surface area contributed by atoms with Crippen LogP contribution in [-0.2, 0) is 6.61 Å². The maximum absolute atomic E-state index is 12.7. The zero-order chi connectivity index (χ0) is 13.1. The molecule has 3 heteroatoms. The summed E-state index contributed by atoms with van der Waals surface area (Å²) >= 11 is 6.09. The molecule has 2 rings (SSSR count). The van der Waals surface area contributed by atoms with Crippen LogP contribution in [-0.4, -0.2) is 0 Å². The van der Waals surface area contributed by atoms with E-state index < -0.39 is 0 Å². The van der Waals surface area contributed by atoms with Gasteiger partial charge < -0.3 is 4.74 Å². The van der Waals surface area contributed by atoms with E-state index in [0.29, 0.717) is 6.61 Å². The normalized spacial score (nSPS) is 10.4. The molecule has 18 heavy (non-hydrogen) atoms. The fraction of sp³-hybridized carbons (Fsp3) is 0.200. The van der Waals surface area contributed by atoms with E-state index >= 15 is 0 Å². The molecule has 0 amide bonds. The highest BCUT2D eigenvalue weighted by Crippen LogP contribution is 2.26. The lowest BCUT2D eigenvalue weighted by atomic mass is 10.1. The van der Waals surface area contributed by atoms with Gasteiger partial charge in [-0.15, -0.1) is 0 Å². The van der Waals surface area contributed by atoms with Crippen LogP contribution in [0, 0.1) is 19.7 Å². The number of hydrogen-bond acceptors (Lipinski definition) is 1. The Kier molecular flexibility index (Phi) is 3.87. The quantitative estimate of drug-likeness (QED) is 0.782. The lowest BCUT2D eigenvalue weighted by Gasteiger charge is -2.10. The molecule has 0 fully saturated rings. The summed E-state index contributed by atoms with van der Waals surface area (Å²) in [5, 5.41) is 0.768. The summed E-state index contributed by atoms with van der Waals surface area (Å²) in [4.78, 5) is 0. The first-order chi connectivity index (χ1) is 8.56. The highest BCUT2D eigenvalue weighted by molar-refractivity contribution is 6.32. The van der Waals surface area contributed by atoms with E-state index in [0.717, 1.165) is 27.5 Å². The summed E-state index contributed by atoms with van der Waals surface area (Å²) in [6, 6.07) is 10.1.